The van der Waals surface area contributed by atoms with Gasteiger partial charge in [0.15, 0.2) is 6.61 Å². The van der Waals surface area contributed by atoms with Crippen LogP contribution in [0.4, 0.5) is 18.9 Å². The highest BCUT2D eigenvalue weighted by Gasteiger charge is 2.29. The van der Waals surface area contributed by atoms with E-state index >= 15 is 0 Å². The Labute approximate surface area is 158 Å². The first-order chi connectivity index (χ1) is 12.6. The maximum atomic E-state index is 12.5. The van der Waals surface area contributed by atoms with Crippen molar-refractivity contribution < 1.29 is 27.5 Å². The molecule has 0 unspecified atom stereocenters. The van der Waals surface area contributed by atoms with E-state index in [2.05, 4.69) is 5.32 Å². The van der Waals surface area contributed by atoms with Crippen LogP contribution in [0.2, 0.25) is 5.02 Å². The van der Waals surface area contributed by atoms with Crippen LogP contribution in [-0.2, 0) is 20.5 Å². The summed E-state index contributed by atoms with van der Waals surface area (Å²) in [5.41, 5.74) is 0.902. The van der Waals surface area contributed by atoms with Crippen molar-refractivity contribution in [3.8, 4) is 0 Å². The zero-order chi connectivity index (χ0) is 20.0. The number of nitrogens with one attached hydrogen (secondary N) is 1. The van der Waals surface area contributed by atoms with Crippen molar-refractivity contribution in [1.29, 1.82) is 0 Å². The number of ether oxygens (including phenoxy) is 1. The molecular formula is C19H15ClF3NO3. The van der Waals surface area contributed by atoms with Crippen molar-refractivity contribution in [2.45, 2.75) is 13.1 Å². The van der Waals surface area contributed by atoms with Crippen LogP contribution in [0.1, 0.15) is 16.7 Å². The fraction of sp³-hybridized carbons (Fsp3) is 0.158. The van der Waals surface area contributed by atoms with Crippen molar-refractivity contribution in [2.24, 2.45) is 0 Å². The minimum absolute atomic E-state index is 0.388. The van der Waals surface area contributed by atoms with Gasteiger partial charge in [-0.2, -0.15) is 13.2 Å². The van der Waals surface area contributed by atoms with Gasteiger partial charge in [0.05, 0.1) is 5.56 Å². The van der Waals surface area contributed by atoms with Gasteiger partial charge in [-0.1, -0.05) is 29.8 Å². The first-order valence-corrected chi connectivity index (χ1v) is 8.11. The lowest BCUT2D eigenvalue weighted by molar-refractivity contribution is -0.142. The molecule has 142 valence electrons. The fourth-order valence-electron chi connectivity index (χ4n) is 2.05. The molecule has 0 saturated carbocycles. The number of aryl methyl sites for hydroxylation is 1. The van der Waals surface area contributed by atoms with Crippen LogP contribution in [0.25, 0.3) is 6.08 Å². The zero-order valence-electron chi connectivity index (χ0n) is 14.1. The molecule has 27 heavy (non-hydrogen) atoms. The lowest BCUT2D eigenvalue weighted by Crippen LogP contribution is -2.20. The van der Waals surface area contributed by atoms with Crippen LogP contribution >= 0.6 is 11.6 Å². The molecule has 1 N–H and O–H groups in total. The van der Waals surface area contributed by atoms with Gasteiger partial charge in [-0.05, 0) is 48.4 Å². The number of hydrogen-bond acceptors (Lipinski definition) is 3. The number of rotatable bonds is 5. The number of hydrogen-bond donors (Lipinski definition) is 1. The van der Waals surface area contributed by atoms with Crippen molar-refractivity contribution in [3.05, 3.63) is 70.3 Å². The molecule has 0 aliphatic rings. The number of carbonyl (C=O) groups excluding carboxylic acids is 2. The van der Waals surface area contributed by atoms with Crippen LogP contribution in [0, 0.1) is 6.92 Å². The number of benzene rings is 2. The van der Waals surface area contributed by atoms with E-state index in [1.54, 1.807) is 25.1 Å². The summed E-state index contributed by atoms with van der Waals surface area (Å²) in [5, 5.41) is 3.02. The van der Waals surface area contributed by atoms with E-state index in [-0.39, 0.29) is 0 Å². The van der Waals surface area contributed by atoms with Gasteiger partial charge in [-0.3, -0.25) is 4.79 Å². The van der Waals surface area contributed by atoms with Crippen LogP contribution in [0.15, 0.2) is 48.5 Å². The Hall–Kier alpha value is -2.80. The third-order valence-electron chi connectivity index (χ3n) is 3.47. The number of alkyl halides is 3. The van der Waals surface area contributed by atoms with Crippen LogP contribution in [0.3, 0.4) is 0 Å². The van der Waals surface area contributed by atoms with Gasteiger partial charge in [0.1, 0.15) is 0 Å². The van der Waals surface area contributed by atoms with Gasteiger partial charge in [0.25, 0.3) is 5.91 Å². The van der Waals surface area contributed by atoms with Crippen molar-refractivity contribution >= 4 is 35.2 Å². The number of halogens is 4. The molecule has 2 aromatic carbocycles. The quantitative estimate of drug-likeness (QED) is 0.579. The molecule has 8 heteroatoms. The van der Waals surface area contributed by atoms with E-state index in [9.17, 15) is 22.8 Å². The molecular weight excluding hydrogens is 383 g/mol. The van der Waals surface area contributed by atoms with Crippen molar-refractivity contribution in [1.82, 2.24) is 0 Å². The molecule has 0 bridgehead atoms. The predicted octanol–water partition coefficient (Wildman–Crippen LogP) is 4.86. The van der Waals surface area contributed by atoms with E-state index in [1.165, 1.54) is 18.2 Å². The Morgan fingerprint density at radius 1 is 1.15 bits per heavy atom. The maximum absolute atomic E-state index is 12.5. The van der Waals surface area contributed by atoms with Crippen LogP contribution in [-0.4, -0.2) is 18.5 Å². The lowest BCUT2D eigenvalue weighted by Gasteiger charge is -2.08. The molecule has 0 radical (unpaired) electrons. The SMILES string of the molecule is Cc1ccc(Cl)cc1NC(=O)COC(=O)/C=C/c1ccc(C(F)(F)F)cc1. The Kier molecular flexibility index (Phi) is 6.63. The minimum Gasteiger partial charge on any atom is -0.452 e. The molecule has 0 fully saturated rings. The summed E-state index contributed by atoms with van der Waals surface area (Å²) < 4.78 is 42.2. The second-order valence-electron chi connectivity index (χ2n) is 5.57. The molecule has 2 aromatic rings. The fourth-order valence-corrected chi connectivity index (χ4v) is 2.22. The second kappa shape index (κ2) is 8.73. The Morgan fingerprint density at radius 3 is 2.44 bits per heavy atom. The largest absolute Gasteiger partial charge is 0.452 e. The van der Waals surface area contributed by atoms with E-state index in [0.717, 1.165) is 23.8 Å². The summed E-state index contributed by atoms with van der Waals surface area (Å²) in [5.74, 6) is -1.34. The highest BCUT2D eigenvalue weighted by molar-refractivity contribution is 6.31. The van der Waals surface area contributed by atoms with Gasteiger partial charge in [0, 0.05) is 16.8 Å². The smallest absolute Gasteiger partial charge is 0.416 e. The maximum Gasteiger partial charge on any atom is 0.416 e. The molecule has 0 aliphatic carbocycles. The highest BCUT2D eigenvalue weighted by atomic mass is 35.5. The number of carbonyl (C=O) groups is 2. The summed E-state index contributed by atoms with van der Waals surface area (Å²) in [6.45, 7) is 1.27. The molecule has 0 aliphatic heterocycles. The third-order valence-corrected chi connectivity index (χ3v) is 3.70. The van der Waals surface area contributed by atoms with Crippen molar-refractivity contribution in [3.63, 3.8) is 0 Å². The third kappa shape index (κ3) is 6.45. The van der Waals surface area contributed by atoms with Gasteiger partial charge < -0.3 is 10.1 Å². The topological polar surface area (TPSA) is 55.4 Å². The Balaban J connectivity index is 1.85. The summed E-state index contributed by atoms with van der Waals surface area (Å²) in [7, 11) is 0. The highest BCUT2D eigenvalue weighted by Crippen LogP contribution is 2.29. The summed E-state index contributed by atoms with van der Waals surface area (Å²) in [6.07, 6.45) is -2.10. The average molecular weight is 398 g/mol. The molecule has 4 nitrogen and oxygen atoms in total. The summed E-state index contributed by atoms with van der Waals surface area (Å²) >= 11 is 5.85. The van der Waals surface area contributed by atoms with Gasteiger partial charge >= 0.3 is 12.1 Å². The molecule has 2 rings (SSSR count). The lowest BCUT2D eigenvalue weighted by atomic mass is 10.1. The first-order valence-electron chi connectivity index (χ1n) is 7.73. The standard InChI is InChI=1S/C19H15ClF3NO3/c1-12-2-8-15(20)10-16(12)24-17(25)11-27-18(26)9-5-13-3-6-14(7-4-13)19(21,22)23/h2-10H,11H2,1H3,(H,24,25)/b9-5+. The number of amides is 1. The Morgan fingerprint density at radius 2 is 1.81 bits per heavy atom. The Bertz CT molecular complexity index is 861. The minimum atomic E-state index is -4.42. The first kappa shape index (κ1) is 20.5. The summed E-state index contributed by atoms with van der Waals surface area (Å²) in [6, 6.07) is 9.25. The van der Waals surface area contributed by atoms with E-state index in [1.807, 2.05) is 0 Å². The van der Waals surface area contributed by atoms with Gasteiger partial charge in [-0.25, -0.2) is 4.79 Å². The average Bonchev–Trinajstić information content (AvgIpc) is 2.61. The van der Waals surface area contributed by atoms with Crippen LogP contribution < -0.4 is 5.32 Å². The van der Waals surface area contributed by atoms with Crippen molar-refractivity contribution in [2.75, 3.05) is 11.9 Å². The van der Waals surface area contributed by atoms with Gasteiger partial charge in [0.2, 0.25) is 0 Å². The zero-order valence-corrected chi connectivity index (χ0v) is 14.9. The molecule has 0 atom stereocenters. The van der Waals surface area contributed by atoms with Gasteiger partial charge in [-0.15, -0.1) is 0 Å². The molecule has 0 spiro atoms. The predicted molar refractivity (Wildman–Crippen MR) is 96.3 cm³/mol. The second-order valence-corrected chi connectivity index (χ2v) is 6.00. The molecule has 1 amide bonds. The van der Waals surface area contributed by atoms with Crippen LogP contribution in [0.5, 0.6) is 0 Å². The molecule has 0 heterocycles. The molecule has 0 saturated heterocycles. The number of anilines is 1. The molecule has 0 aromatic heterocycles. The van der Waals surface area contributed by atoms with E-state index < -0.39 is 30.2 Å². The van der Waals surface area contributed by atoms with E-state index in [0.29, 0.717) is 16.3 Å². The summed E-state index contributed by atoms with van der Waals surface area (Å²) in [4.78, 5) is 23.5. The van der Waals surface area contributed by atoms with E-state index in [4.69, 9.17) is 16.3 Å². The number of esters is 1. The normalized spacial score (nSPS) is 11.4. The monoisotopic (exact) mass is 397 g/mol.